The molecule has 1 N–H and O–H groups in total. The number of halogens is 1. The summed E-state index contributed by atoms with van der Waals surface area (Å²) >= 11 is 0. The molecule has 0 bridgehead atoms. The average molecular weight is 328 g/mol. The summed E-state index contributed by atoms with van der Waals surface area (Å²) in [6.45, 7) is 6.25. The van der Waals surface area contributed by atoms with Gasteiger partial charge in [0.15, 0.2) is 0 Å². The third-order valence-electron chi connectivity index (χ3n) is 3.50. The molecule has 0 unspecified atom stereocenters. The standard InChI is InChI=1S/C20H21FO3/c1-13(2)12-24-19-7-5-4-6-16(19)10-17(20(22)23)15-9-8-14(3)18(21)11-15/h4-11,13H,12H2,1-3H3,(H,22,23)/b17-10-. The van der Waals surface area contributed by atoms with Gasteiger partial charge in [-0.05, 0) is 42.2 Å². The highest BCUT2D eigenvalue weighted by molar-refractivity contribution is 6.20. The first-order chi connectivity index (χ1) is 11.4. The lowest BCUT2D eigenvalue weighted by Crippen LogP contribution is -2.06. The molecule has 2 aromatic carbocycles. The second kappa shape index (κ2) is 7.77. The van der Waals surface area contributed by atoms with Gasteiger partial charge in [0, 0.05) is 5.56 Å². The van der Waals surface area contributed by atoms with Crippen LogP contribution in [0.25, 0.3) is 11.6 Å². The van der Waals surface area contributed by atoms with E-state index < -0.39 is 11.8 Å². The zero-order valence-electron chi connectivity index (χ0n) is 14.0. The van der Waals surface area contributed by atoms with Crippen LogP contribution in [0.5, 0.6) is 5.75 Å². The van der Waals surface area contributed by atoms with Gasteiger partial charge in [-0.25, -0.2) is 9.18 Å². The zero-order chi connectivity index (χ0) is 17.7. The fraction of sp³-hybridized carbons (Fsp3) is 0.250. The van der Waals surface area contributed by atoms with Crippen LogP contribution in [0.3, 0.4) is 0 Å². The summed E-state index contributed by atoms with van der Waals surface area (Å²) in [6.07, 6.45) is 1.52. The second-order valence-corrected chi connectivity index (χ2v) is 6.07. The Bertz CT molecular complexity index is 763. The molecule has 0 radical (unpaired) electrons. The Kier molecular flexibility index (Phi) is 5.74. The lowest BCUT2D eigenvalue weighted by Gasteiger charge is -2.12. The van der Waals surface area contributed by atoms with Crippen LogP contribution in [0, 0.1) is 18.7 Å². The number of aliphatic carboxylic acids is 1. The van der Waals surface area contributed by atoms with E-state index in [1.54, 1.807) is 31.2 Å². The zero-order valence-corrected chi connectivity index (χ0v) is 14.0. The van der Waals surface area contributed by atoms with Gasteiger partial charge in [-0.3, -0.25) is 0 Å². The number of ether oxygens (including phenoxy) is 1. The van der Waals surface area contributed by atoms with Crippen molar-refractivity contribution in [1.29, 1.82) is 0 Å². The number of rotatable bonds is 6. The van der Waals surface area contributed by atoms with Crippen molar-refractivity contribution in [1.82, 2.24) is 0 Å². The van der Waals surface area contributed by atoms with Crippen molar-refractivity contribution >= 4 is 17.6 Å². The van der Waals surface area contributed by atoms with Crippen LogP contribution in [0.1, 0.15) is 30.5 Å². The Morgan fingerprint density at radius 3 is 2.58 bits per heavy atom. The van der Waals surface area contributed by atoms with Crippen molar-refractivity contribution < 1.29 is 19.0 Å². The van der Waals surface area contributed by atoms with E-state index in [1.165, 1.54) is 12.1 Å². The topological polar surface area (TPSA) is 46.5 Å². The van der Waals surface area contributed by atoms with Crippen LogP contribution in [0.15, 0.2) is 42.5 Å². The number of aryl methyl sites for hydroxylation is 1. The maximum absolute atomic E-state index is 13.8. The molecule has 24 heavy (non-hydrogen) atoms. The van der Waals surface area contributed by atoms with Gasteiger partial charge >= 0.3 is 5.97 Å². The van der Waals surface area contributed by atoms with E-state index in [1.807, 2.05) is 26.0 Å². The molecule has 4 heteroatoms. The highest BCUT2D eigenvalue weighted by Crippen LogP contribution is 2.26. The Morgan fingerprint density at radius 2 is 1.96 bits per heavy atom. The molecule has 3 nitrogen and oxygen atoms in total. The third kappa shape index (κ3) is 4.44. The van der Waals surface area contributed by atoms with E-state index in [9.17, 15) is 14.3 Å². The summed E-state index contributed by atoms with van der Waals surface area (Å²) in [7, 11) is 0. The monoisotopic (exact) mass is 328 g/mol. The van der Waals surface area contributed by atoms with Gasteiger partial charge in [-0.15, -0.1) is 0 Å². The van der Waals surface area contributed by atoms with Gasteiger partial charge in [-0.1, -0.05) is 44.2 Å². The van der Waals surface area contributed by atoms with E-state index >= 15 is 0 Å². The molecule has 2 rings (SSSR count). The molecule has 0 aliphatic rings. The van der Waals surface area contributed by atoms with Crippen LogP contribution in [0.2, 0.25) is 0 Å². The summed E-state index contributed by atoms with van der Waals surface area (Å²) in [4.78, 5) is 11.6. The molecule has 0 saturated carbocycles. The third-order valence-corrected chi connectivity index (χ3v) is 3.50. The van der Waals surface area contributed by atoms with Crippen molar-refractivity contribution in [2.24, 2.45) is 5.92 Å². The van der Waals surface area contributed by atoms with Crippen molar-refractivity contribution in [3.63, 3.8) is 0 Å². The number of para-hydroxylation sites is 1. The number of carboxylic acid groups (broad SMARTS) is 1. The summed E-state index contributed by atoms with van der Waals surface area (Å²) in [5, 5.41) is 9.53. The minimum Gasteiger partial charge on any atom is -0.493 e. The first-order valence-electron chi connectivity index (χ1n) is 7.82. The van der Waals surface area contributed by atoms with E-state index in [0.29, 0.717) is 35.0 Å². The van der Waals surface area contributed by atoms with Crippen LogP contribution in [0.4, 0.5) is 4.39 Å². The number of carboxylic acids is 1. The second-order valence-electron chi connectivity index (χ2n) is 6.07. The number of benzene rings is 2. The minimum absolute atomic E-state index is 0.0227. The Balaban J connectivity index is 2.45. The fourth-order valence-electron chi connectivity index (χ4n) is 2.17. The van der Waals surface area contributed by atoms with Crippen LogP contribution < -0.4 is 4.74 Å². The van der Waals surface area contributed by atoms with Gasteiger partial charge in [0.2, 0.25) is 0 Å². The predicted molar refractivity (Wildman–Crippen MR) is 93.4 cm³/mol. The summed E-state index contributed by atoms with van der Waals surface area (Å²) in [5.41, 5.74) is 1.47. The van der Waals surface area contributed by atoms with Crippen LogP contribution >= 0.6 is 0 Å². The lowest BCUT2D eigenvalue weighted by molar-refractivity contribution is -0.130. The molecule has 0 amide bonds. The van der Waals surface area contributed by atoms with Gasteiger partial charge < -0.3 is 9.84 Å². The van der Waals surface area contributed by atoms with Gasteiger partial charge in [0.1, 0.15) is 11.6 Å². The lowest BCUT2D eigenvalue weighted by atomic mass is 10.0. The van der Waals surface area contributed by atoms with Gasteiger partial charge in [0.25, 0.3) is 0 Å². The Hall–Kier alpha value is -2.62. The molecular formula is C20H21FO3. The molecule has 0 aromatic heterocycles. The van der Waals surface area contributed by atoms with Gasteiger partial charge in [-0.2, -0.15) is 0 Å². The predicted octanol–water partition coefficient (Wildman–Crippen LogP) is 4.79. The highest BCUT2D eigenvalue weighted by Gasteiger charge is 2.14. The number of carbonyl (C=O) groups is 1. The quantitative estimate of drug-likeness (QED) is 0.612. The van der Waals surface area contributed by atoms with Crippen molar-refractivity contribution in [2.45, 2.75) is 20.8 Å². The molecule has 0 atom stereocenters. The molecule has 0 heterocycles. The van der Waals surface area contributed by atoms with E-state index in [-0.39, 0.29) is 5.57 Å². The maximum atomic E-state index is 13.8. The number of hydrogen-bond donors (Lipinski definition) is 1. The van der Waals surface area contributed by atoms with Crippen molar-refractivity contribution in [2.75, 3.05) is 6.61 Å². The summed E-state index contributed by atoms with van der Waals surface area (Å²) in [5.74, 6) is -0.578. The molecule has 0 saturated heterocycles. The highest BCUT2D eigenvalue weighted by atomic mass is 19.1. The molecule has 0 aliphatic carbocycles. The first kappa shape index (κ1) is 17.7. The smallest absolute Gasteiger partial charge is 0.336 e. The van der Waals surface area contributed by atoms with E-state index in [4.69, 9.17) is 4.74 Å². The fourth-order valence-corrected chi connectivity index (χ4v) is 2.17. The SMILES string of the molecule is Cc1ccc(/C(=C/c2ccccc2OCC(C)C)C(=O)O)cc1F. The Morgan fingerprint density at radius 1 is 1.25 bits per heavy atom. The Labute approximate surface area is 141 Å². The summed E-state index contributed by atoms with van der Waals surface area (Å²) < 4.78 is 19.5. The van der Waals surface area contributed by atoms with E-state index in [0.717, 1.165) is 0 Å². The van der Waals surface area contributed by atoms with Crippen molar-refractivity contribution in [3.05, 3.63) is 65.0 Å². The number of hydrogen-bond acceptors (Lipinski definition) is 2. The average Bonchev–Trinajstić information content (AvgIpc) is 2.54. The molecule has 0 fully saturated rings. The minimum atomic E-state index is -1.11. The molecular weight excluding hydrogens is 307 g/mol. The van der Waals surface area contributed by atoms with Gasteiger partial charge in [0.05, 0.1) is 12.2 Å². The molecule has 126 valence electrons. The van der Waals surface area contributed by atoms with Crippen LogP contribution in [-0.4, -0.2) is 17.7 Å². The first-order valence-corrected chi connectivity index (χ1v) is 7.82. The molecule has 0 spiro atoms. The maximum Gasteiger partial charge on any atom is 0.336 e. The molecule has 2 aromatic rings. The van der Waals surface area contributed by atoms with E-state index in [2.05, 4.69) is 0 Å². The van der Waals surface area contributed by atoms with Crippen molar-refractivity contribution in [3.8, 4) is 5.75 Å². The van der Waals surface area contributed by atoms with Crippen LogP contribution in [-0.2, 0) is 4.79 Å². The normalized spacial score (nSPS) is 11.6. The molecule has 0 aliphatic heterocycles. The largest absolute Gasteiger partial charge is 0.493 e. The summed E-state index contributed by atoms with van der Waals surface area (Å²) in [6, 6.07) is 11.6.